The van der Waals surface area contributed by atoms with Gasteiger partial charge in [-0.2, -0.15) is 0 Å². The van der Waals surface area contributed by atoms with Gasteiger partial charge in [0.25, 0.3) is 0 Å². The van der Waals surface area contributed by atoms with Crippen molar-refractivity contribution in [3.05, 3.63) is 36.4 Å². The Hall–Kier alpha value is -2.27. The van der Waals surface area contributed by atoms with Gasteiger partial charge in [-0.25, -0.2) is 4.98 Å². The molecule has 0 atom stereocenters. The summed E-state index contributed by atoms with van der Waals surface area (Å²) < 4.78 is 11.7. The maximum absolute atomic E-state index is 5.81. The van der Waals surface area contributed by atoms with E-state index in [0.717, 1.165) is 38.0 Å². The van der Waals surface area contributed by atoms with Gasteiger partial charge >= 0.3 is 0 Å². The SMILES string of the molecule is COc1ccc(OC)c(-c2nc3ccc(N)cc3s2)c1. The zero-order valence-corrected chi connectivity index (χ0v) is 12.0. The summed E-state index contributed by atoms with van der Waals surface area (Å²) >= 11 is 1.59. The highest BCUT2D eigenvalue weighted by atomic mass is 32.1. The molecule has 4 nitrogen and oxygen atoms in total. The van der Waals surface area contributed by atoms with Crippen molar-refractivity contribution in [1.29, 1.82) is 0 Å². The molecule has 20 heavy (non-hydrogen) atoms. The number of nitrogens with two attached hydrogens (primary N) is 1. The third kappa shape index (κ3) is 2.16. The molecule has 2 aromatic carbocycles. The van der Waals surface area contributed by atoms with Gasteiger partial charge < -0.3 is 15.2 Å². The molecule has 0 fully saturated rings. The first-order valence-corrected chi connectivity index (χ1v) is 6.91. The topological polar surface area (TPSA) is 57.4 Å². The number of fused-ring (bicyclic) bond motifs is 1. The fraction of sp³-hybridized carbons (Fsp3) is 0.133. The van der Waals surface area contributed by atoms with Crippen LogP contribution in [-0.4, -0.2) is 19.2 Å². The van der Waals surface area contributed by atoms with Crippen LogP contribution in [0.2, 0.25) is 0 Å². The number of hydrogen-bond donors (Lipinski definition) is 1. The first-order chi connectivity index (χ1) is 9.71. The van der Waals surface area contributed by atoms with Crippen LogP contribution in [0.5, 0.6) is 11.5 Å². The Labute approximate surface area is 120 Å². The minimum absolute atomic E-state index is 0.741. The van der Waals surface area contributed by atoms with Crippen LogP contribution in [0.4, 0.5) is 5.69 Å². The fourth-order valence-electron chi connectivity index (χ4n) is 2.04. The normalized spacial score (nSPS) is 10.7. The summed E-state index contributed by atoms with van der Waals surface area (Å²) in [7, 11) is 3.29. The molecule has 0 amide bonds. The third-order valence-electron chi connectivity index (χ3n) is 3.05. The molecular formula is C15H14N2O2S. The van der Waals surface area contributed by atoms with E-state index in [1.807, 2.05) is 36.4 Å². The average molecular weight is 286 g/mol. The summed E-state index contributed by atoms with van der Waals surface area (Å²) in [6, 6.07) is 11.4. The van der Waals surface area contributed by atoms with Crippen molar-refractivity contribution in [2.24, 2.45) is 0 Å². The van der Waals surface area contributed by atoms with Gasteiger partial charge in [-0.1, -0.05) is 0 Å². The number of thiazole rings is 1. The van der Waals surface area contributed by atoms with E-state index in [4.69, 9.17) is 15.2 Å². The second-order valence-corrected chi connectivity index (χ2v) is 5.34. The van der Waals surface area contributed by atoms with E-state index in [2.05, 4.69) is 4.98 Å². The minimum atomic E-state index is 0.741. The lowest BCUT2D eigenvalue weighted by Gasteiger charge is -2.07. The highest BCUT2D eigenvalue weighted by Gasteiger charge is 2.12. The highest BCUT2D eigenvalue weighted by molar-refractivity contribution is 7.21. The molecule has 102 valence electrons. The molecule has 1 heterocycles. The van der Waals surface area contributed by atoms with Gasteiger partial charge in [0.1, 0.15) is 16.5 Å². The first kappa shape index (κ1) is 12.7. The number of methoxy groups -OCH3 is 2. The Balaban J connectivity index is 2.18. The molecule has 0 unspecified atom stereocenters. The lowest BCUT2D eigenvalue weighted by molar-refractivity contribution is 0.404. The molecule has 5 heteroatoms. The van der Waals surface area contributed by atoms with Gasteiger partial charge in [-0.05, 0) is 36.4 Å². The monoisotopic (exact) mass is 286 g/mol. The van der Waals surface area contributed by atoms with Crippen molar-refractivity contribution in [1.82, 2.24) is 4.98 Å². The number of anilines is 1. The Morgan fingerprint density at radius 1 is 1.05 bits per heavy atom. The van der Waals surface area contributed by atoms with Gasteiger partial charge in [0.15, 0.2) is 0 Å². The van der Waals surface area contributed by atoms with Gasteiger partial charge in [0.2, 0.25) is 0 Å². The summed E-state index contributed by atoms with van der Waals surface area (Å²) in [5, 5.41) is 0.890. The second kappa shape index (κ2) is 5.02. The molecule has 0 bridgehead atoms. The quantitative estimate of drug-likeness (QED) is 0.748. The summed E-state index contributed by atoms with van der Waals surface area (Å²) in [6.45, 7) is 0. The molecule has 3 rings (SSSR count). The van der Waals surface area contributed by atoms with E-state index in [-0.39, 0.29) is 0 Å². The van der Waals surface area contributed by atoms with Gasteiger partial charge in [0.05, 0.1) is 30.0 Å². The van der Waals surface area contributed by atoms with Crippen LogP contribution >= 0.6 is 11.3 Å². The zero-order chi connectivity index (χ0) is 14.1. The summed E-state index contributed by atoms with van der Waals surface area (Å²) in [5.74, 6) is 1.55. The van der Waals surface area contributed by atoms with Crippen molar-refractivity contribution < 1.29 is 9.47 Å². The standard InChI is InChI=1S/C15H14N2O2S/c1-18-10-4-6-13(19-2)11(8-10)15-17-12-5-3-9(16)7-14(12)20-15/h3-8H,16H2,1-2H3. The van der Waals surface area contributed by atoms with Crippen LogP contribution in [0, 0.1) is 0 Å². The molecule has 0 aliphatic rings. The number of ether oxygens (including phenoxy) is 2. The first-order valence-electron chi connectivity index (χ1n) is 6.09. The largest absolute Gasteiger partial charge is 0.497 e. The molecule has 0 saturated carbocycles. The predicted molar refractivity (Wildman–Crippen MR) is 82.6 cm³/mol. The lowest BCUT2D eigenvalue weighted by atomic mass is 10.2. The Bertz CT molecular complexity index is 768. The van der Waals surface area contributed by atoms with E-state index < -0.39 is 0 Å². The van der Waals surface area contributed by atoms with Gasteiger partial charge in [-0.3, -0.25) is 0 Å². The average Bonchev–Trinajstić information content (AvgIpc) is 2.89. The minimum Gasteiger partial charge on any atom is -0.497 e. The number of rotatable bonds is 3. The second-order valence-electron chi connectivity index (χ2n) is 4.31. The van der Waals surface area contributed by atoms with Crippen molar-refractivity contribution in [3.8, 4) is 22.1 Å². The van der Waals surface area contributed by atoms with Crippen molar-refractivity contribution in [2.45, 2.75) is 0 Å². The molecule has 2 N–H and O–H groups in total. The number of aromatic nitrogens is 1. The van der Waals surface area contributed by atoms with Crippen LogP contribution in [0.15, 0.2) is 36.4 Å². The van der Waals surface area contributed by atoms with E-state index >= 15 is 0 Å². The maximum Gasteiger partial charge on any atom is 0.129 e. The van der Waals surface area contributed by atoms with E-state index in [9.17, 15) is 0 Å². The van der Waals surface area contributed by atoms with Crippen molar-refractivity contribution in [2.75, 3.05) is 20.0 Å². The van der Waals surface area contributed by atoms with Crippen LogP contribution < -0.4 is 15.2 Å². The number of benzene rings is 2. The summed E-state index contributed by atoms with van der Waals surface area (Å²) in [6.07, 6.45) is 0. The predicted octanol–water partition coefficient (Wildman–Crippen LogP) is 3.56. The molecule has 3 aromatic rings. The van der Waals surface area contributed by atoms with Crippen LogP contribution in [0.25, 0.3) is 20.8 Å². The van der Waals surface area contributed by atoms with Crippen LogP contribution in [0.3, 0.4) is 0 Å². The van der Waals surface area contributed by atoms with E-state index in [1.165, 1.54) is 0 Å². The van der Waals surface area contributed by atoms with E-state index in [0.29, 0.717) is 0 Å². The Morgan fingerprint density at radius 3 is 2.65 bits per heavy atom. The van der Waals surface area contributed by atoms with Gasteiger partial charge in [0, 0.05) is 5.69 Å². The molecule has 0 spiro atoms. The molecule has 0 radical (unpaired) electrons. The third-order valence-corrected chi connectivity index (χ3v) is 4.10. The highest BCUT2D eigenvalue weighted by Crippen LogP contribution is 2.38. The molecule has 1 aromatic heterocycles. The fourth-order valence-corrected chi connectivity index (χ4v) is 3.07. The number of hydrogen-bond acceptors (Lipinski definition) is 5. The molecule has 0 aliphatic heterocycles. The molecule has 0 saturated heterocycles. The number of nitrogens with zero attached hydrogens (tertiary/aromatic N) is 1. The van der Waals surface area contributed by atoms with Crippen LogP contribution in [-0.2, 0) is 0 Å². The van der Waals surface area contributed by atoms with Gasteiger partial charge in [-0.15, -0.1) is 11.3 Å². The summed E-state index contributed by atoms with van der Waals surface area (Å²) in [5.41, 5.74) is 8.41. The lowest BCUT2D eigenvalue weighted by Crippen LogP contribution is -1.89. The Kier molecular flexibility index (Phi) is 3.20. The van der Waals surface area contributed by atoms with E-state index in [1.54, 1.807) is 25.6 Å². The summed E-state index contributed by atoms with van der Waals surface area (Å²) in [4.78, 5) is 4.64. The smallest absolute Gasteiger partial charge is 0.129 e. The Morgan fingerprint density at radius 2 is 1.90 bits per heavy atom. The zero-order valence-electron chi connectivity index (χ0n) is 11.2. The maximum atomic E-state index is 5.81. The van der Waals surface area contributed by atoms with Crippen molar-refractivity contribution in [3.63, 3.8) is 0 Å². The van der Waals surface area contributed by atoms with Crippen molar-refractivity contribution >= 4 is 27.2 Å². The molecule has 0 aliphatic carbocycles. The molecular weight excluding hydrogens is 272 g/mol. The number of nitrogen functional groups attached to an aromatic ring is 1. The van der Waals surface area contributed by atoms with Crippen LogP contribution in [0.1, 0.15) is 0 Å².